The molecule has 1 aromatic carbocycles. The third kappa shape index (κ3) is 4.05. The van der Waals surface area contributed by atoms with Crippen LogP contribution in [0.4, 0.5) is 5.00 Å². The van der Waals surface area contributed by atoms with E-state index < -0.39 is 21.5 Å². The van der Waals surface area contributed by atoms with Gasteiger partial charge < -0.3 is 11.1 Å². The fourth-order valence-electron chi connectivity index (χ4n) is 1.77. The highest BCUT2D eigenvalue weighted by molar-refractivity contribution is 7.92. The molecule has 0 bridgehead atoms. The van der Waals surface area contributed by atoms with Crippen LogP contribution in [0.3, 0.4) is 0 Å². The maximum absolute atomic E-state index is 12.0. The number of nitrogen functional groups attached to an aromatic ring is 1. The molecule has 0 fully saturated rings. The van der Waals surface area contributed by atoms with Crippen molar-refractivity contribution < 1.29 is 13.2 Å². The molecule has 7 heteroatoms. The fraction of sp³-hybridized carbons (Fsp3) is 0.214. The maximum atomic E-state index is 12.0. The Bertz CT molecular complexity index is 734. The number of hydrogen-bond donors (Lipinski definition) is 2. The average Bonchev–Trinajstić information content (AvgIpc) is 2.85. The van der Waals surface area contributed by atoms with Gasteiger partial charge in [-0.1, -0.05) is 29.8 Å². The van der Waals surface area contributed by atoms with Gasteiger partial charge >= 0.3 is 0 Å². The van der Waals surface area contributed by atoms with Gasteiger partial charge in [-0.05, 0) is 23.9 Å². The number of rotatable bonds is 5. The molecule has 0 aliphatic heterocycles. The summed E-state index contributed by atoms with van der Waals surface area (Å²) in [5, 5.41) is 4.40. The van der Waals surface area contributed by atoms with Crippen LogP contribution in [0.5, 0.6) is 0 Å². The maximum Gasteiger partial charge on any atom is 0.235 e. The van der Waals surface area contributed by atoms with Crippen LogP contribution >= 0.6 is 11.3 Å². The van der Waals surface area contributed by atoms with Crippen molar-refractivity contribution in [3.63, 3.8) is 0 Å². The van der Waals surface area contributed by atoms with Crippen molar-refractivity contribution in [3.8, 4) is 0 Å². The quantitative estimate of drug-likeness (QED) is 0.876. The van der Waals surface area contributed by atoms with Gasteiger partial charge in [-0.25, -0.2) is 8.42 Å². The number of thiophene rings is 1. The smallest absolute Gasteiger partial charge is 0.235 e. The Morgan fingerprint density at radius 3 is 2.48 bits per heavy atom. The molecule has 1 amide bonds. The average molecular weight is 324 g/mol. The predicted molar refractivity (Wildman–Crippen MR) is 83.8 cm³/mol. The monoisotopic (exact) mass is 324 g/mol. The molecule has 0 unspecified atom stereocenters. The molecule has 0 aliphatic rings. The largest absolute Gasteiger partial charge is 0.390 e. The van der Waals surface area contributed by atoms with E-state index in [0.29, 0.717) is 6.54 Å². The van der Waals surface area contributed by atoms with Crippen LogP contribution in [0.2, 0.25) is 0 Å². The summed E-state index contributed by atoms with van der Waals surface area (Å²) in [6, 6.07) is 9.07. The Morgan fingerprint density at radius 1 is 1.24 bits per heavy atom. The summed E-state index contributed by atoms with van der Waals surface area (Å²) >= 11 is 1.14. The fourth-order valence-corrected chi connectivity index (χ4v) is 4.11. The lowest BCUT2D eigenvalue weighted by atomic mass is 10.1. The number of hydrogen-bond acceptors (Lipinski definition) is 5. The molecule has 112 valence electrons. The molecular formula is C14H16N2O3S2. The zero-order chi connectivity index (χ0) is 15.5. The van der Waals surface area contributed by atoms with Gasteiger partial charge in [-0.15, -0.1) is 11.3 Å². The second kappa shape index (κ2) is 6.28. The summed E-state index contributed by atoms with van der Waals surface area (Å²) in [5.41, 5.74) is 7.63. The van der Waals surface area contributed by atoms with Crippen LogP contribution in [0, 0.1) is 6.92 Å². The molecule has 3 N–H and O–H groups in total. The Hall–Kier alpha value is -1.86. The third-order valence-corrected chi connectivity index (χ3v) is 5.47. The van der Waals surface area contributed by atoms with E-state index in [0.717, 1.165) is 22.5 Å². The van der Waals surface area contributed by atoms with Crippen molar-refractivity contribution in [3.05, 3.63) is 46.8 Å². The normalized spacial score (nSPS) is 11.3. The van der Waals surface area contributed by atoms with Crippen LogP contribution < -0.4 is 11.1 Å². The zero-order valence-corrected chi connectivity index (χ0v) is 13.1. The highest BCUT2D eigenvalue weighted by Gasteiger charge is 2.22. The van der Waals surface area contributed by atoms with Crippen molar-refractivity contribution in [1.29, 1.82) is 0 Å². The first kappa shape index (κ1) is 15.5. The van der Waals surface area contributed by atoms with Gasteiger partial charge in [0.25, 0.3) is 0 Å². The third-order valence-electron chi connectivity index (χ3n) is 2.92. The minimum absolute atomic E-state index is 0.0259. The lowest BCUT2D eigenvalue weighted by molar-refractivity contribution is -0.118. The van der Waals surface area contributed by atoms with E-state index >= 15 is 0 Å². The number of anilines is 1. The van der Waals surface area contributed by atoms with Gasteiger partial charge in [0.15, 0.2) is 9.84 Å². The van der Waals surface area contributed by atoms with Crippen LogP contribution in [-0.2, 0) is 21.2 Å². The molecule has 21 heavy (non-hydrogen) atoms. The Kier molecular flexibility index (Phi) is 4.64. The number of nitrogens with one attached hydrogen (secondary N) is 1. The van der Waals surface area contributed by atoms with Crippen molar-refractivity contribution >= 4 is 32.1 Å². The molecule has 0 atom stereocenters. The zero-order valence-electron chi connectivity index (χ0n) is 11.5. The first-order valence-electron chi connectivity index (χ1n) is 6.26. The van der Waals surface area contributed by atoms with Gasteiger partial charge in [0.05, 0.1) is 0 Å². The van der Waals surface area contributed by atoms with Crippen LogP contribution in [0.1, 0.15) is 11.1 Å². The van der Waals surface area contributed by atoms with Crippen molar-refractivity contribution in [2.24, 2.45) is 0 Å². The van der Waals surface area contributed by atoms with E-state index in [2.05, 4.69) is 5.32 Å². The second-order valence-electron chi connectivity index (χ2n) is 4.67. The van der Waals surface area contributed by atoms with E-state index in [4.69, 9.17) is 5.73 Å². The lowest BCUT2D eigenvalue weighted by Crippen LogP contribution is -2.30. The number of carbonyl (C=O) groups excluding carboxylic acids is 1. The van der Waals surface area contributed by atoms with Crippen LogP contribution in [0.15, 0.2) is 40.6 Å². The molecule has 0 spiro atoms. The molecule has 5 nitrogen and oxygen atoms in total. The molecule has 0 saturated carbocycles. The molecular weight excluding hydrogens is 308 g/mol. The molecule has 0 aliphatic carbocycles. The SMILES string of the molecule is Cc1ccc(CNC(=O)CS(=O)(=O)c2ccsc2N)cc1. The number of benzene rings is 1. The second-order valence-corrected chi connectivity index (χ2v) is 7.58. The van der Waals surface area contributed by atoms with Gasteiger partial charge in [-0.2, -0.15) is 0 Å². The van der Waals surface area contributed by atoms with E-state index in [-0.39, 0.29) is 9.90 Å². The van der Waals surface area contributed by atoms with E-state index in [1.807, 2.05) is 31.2 Å². The summed E-state index contributed by atoms with van der Waals surface area (Å²) in [5.74, 6) is -1.14. The minimum Gasteiger partial charge on any atom is -0.390 e. The standard InChI is InChI=1S/C14H16N2O3S2/c1-10-2-4-11(5-3-10)8-16-13(17)9-21(18,19)12-6-7-20-14(12)15/h2-7H,8-9,15H2,1H3,(H,16,17). The van der Waals surface area contributed by atoms with Gasteiger partial charge in [0.1, 0.15) is 15.6 Å². The molecule has 2 rings (SSSR count). The van der Waals surface area contributed by atoms with Gasteiger partial charge in [0, 0.05) is 6.54 Å². The summed E-state index contributed by atoms with van der Waals surface area (Å²) in [6.07, 6.45) is 0. The summed E-state index contributed by atoms with van der Waals surface area (Å²) in [7, 11) is -3.68. The highest BCUT2D eigenvalue weighted by Crippen LogP contribution is 2.25. The topological polar surface area (TPSA) is 89.3 Å². The Morgan fingerprint density at radius 2 is 1.90 bits per heavy atom. The number of nitrogens with two attached hydrogens (primary N) is 1. The Balaban J connectivity index is 1.96. The van der Waals surface area contributed by atoms with Crippen molar-refractivity contribution in [2.45, 2.75) is 18.4 Å². The first-order valence-corrected chi connectivity index (χ1v) is 8.79. The molecule has 2 aromatic rings. The van der Waals surface area contributed by atoms with Crippen molar-refractivity contribution in [2.75, 3.05) is 11.5 Å². The molecule has 1 aromatic heterocycles. The van der Waals surface area contributed by atoms with E-state index in [9.17, 15) is 13.2 Å². The summed E-state index contributed by atoms with van der Waals surface area (Å²) in [6.45, 7) is 2.27. The van der Waals surface area contributed by atoms with Crippen LogP contribution in [0.25, 0.3) is 0 Å². The van der Waals surface area contributed by atoms with E-state index in [1.54, 1.807) is 5.38 Å². The van der Waals surface area contributed by atoms with Gasteiger partial charge in [0.2, 0.25) is 5.91 Å². The van der Waals surface area contributed by atoms with Crippen LogP contribution in [-0.4, -0.2) is 20.1 Å². The number of carbonyl (C=O) groups is 1. The predicted octanol–water partition coefficient (Wildman–Crippen LogP) is 1.73. The first-order chi connectivity index (χ1) is 9.88. The highest BCUT2D eigenvalue weighted by atomic mass is 32.2. The lowest BCUT2D eigenvalue weighted by Gasteiger charge is -2.06. The minimum atomic E-state index is -3.68. The number of aryl methyl sites for hydroxylation is 1. The van der Waals surface area contributed by atoms with Crippen molar-refractivity contribution in [1.82, 2.24) is 5.32 Å². The Labute approximate surface area is 127 Å². The number of amides is 1. The van der Waals surface area contributed by atoms with E-state index in [1.165, 1.54) is 6.07 Å². The number of sulfone groups is 1. The molecule has 0 saturated heterocycles. The molecule has 1 heterocycles. The van der Waals surface area contributed by atoms with Gasteiger partial charge in [-0.3, -0.25) is 4.79 Å². The summed E-state index contributed by atoms with van der Waals surface area (Å²) < 4.78 is 24.1. The summed E-state index contributed by atoms with van der Waals surface area (Å²) in [4.78, 5) is 11.8. The molecule has 0 radical (unpaired) electrons.